The maximum atomic E-state index is 7.63. The first-order chi connectivity index (χ1) is 27.4. The summed E-state index contributed by atoms with van der Waals surface area (Å²) in [6.45, 7) is 0. The van der Waals surface area contributed by atoms with E-state index in [1.165, 1.54) is 0 Å². The van der Waals surface area contributed by atoms with Crippen molar-refractivity contribution >= 4 is 68.3 Å². The zero-order chi connectivity index (χ0) is 39.2. The van der Waals surface area contributed by atoms with E-state index in [-0.39, 0.29) is 42.1 Å². The molecule has 292 valence electrons. The molecule has 0 amide bonds. The van der Waals surface area contributed by atoms with Gasteiger partial charge in [0.15, 0.2) is 0 Å². The maximum absolute atomic E-state index is 7.63. The number of para-hydroxylation sites is 6. The molecular formula is C48H40N8Pt2. The molecule has 6 aromatic carbocycles. The molecule has 8 nitrogen and oxygen atoms in total. The van der Waals surface area contributed by atoms with Gasteiger partial charge in [0.2, 0.25) is 0 Å². The molecule has 2 aliphatic rings. The Morgan fingerprint density at radius 3 is 0.983 bits per heavy atom. The number of nitrogens with zero attached hydrogens (tertiary/aromatic N) is 4. The Balaban J connectivity index is 0.000000205. The summed E-state index contributed by atoms with van der Waals surface area (Å²) in [5.41, 5.74) is 23.4. The van der Waals surface area contributed by atoms with Crippen LogP contribution in [0.3, 0.4) is 0 Å². The van der Waals surface area contributed by atoms with Gasteiger partial charge in [-0.05, 0) is 48.6 Å². The number of allylic oxidation sites excluding steroid dienone is 8. The van der Waals surface area contributed by atoms with E-state index in [1.807, 2.05) is 194 Å². The molecule has 0 aliphatic heterocycles. The second-order valence-electron chi connectivity index (χ2n) is 11.9. The van der Waals surface area contributed by atoms with Crippen LogP contribution in [0.5, 0.6) is 0 Å². The Hall–Kier alpha value is -6.46. The molecule has 0 fully saturated rings. The molecule has 0 bridgehead atoms. The number of benzene rings is 6. The Morgan fingerprint density at radius 2 is 0.655 bits per heavy atom. The van der Waals surface area contributed by atoms with Gasteiger partial charge in [0.25, 0.3) is 0 Å². The minimum Gasteiger partial charge on any atom is -0.700 e. The standard InChI is InChI=1S/4C12H10N2.2Pt/c4*13-11-8-4-5-9-12(11)14-10-6-2-1-3-7-10;;/h4*1-9,13H;;/q;;2*-2;2*+2. The largest absolute Gasteiger partial charge is 2.00 e. The van der Waals surface area contributed by atoms with Gasteiger partial charge in [-0.25, -0.2) is 9.98 Å². The Bertz CT molecular complexity index is 2190. The van der Waals surface area contributed by atoms with Gasteiger partial charge in [0, 0.05) is 0 Å². The molecular weight excluding hydrogens is 1080 g/mol. The quantitative estimate of drug-likeness (QED) is 0.153. The van der Waals surface area contributed by atoms with Crippen molar-refractivity contribution in [1.82, 2.24) is 0 Å². The fourth-order valence-corrected chi connectivity index (χ4v) is 4.85. The van der Waals surface area contributed by atoms with Gasteiger partial charge in [-0.3, -0.25) is 10.8 Å². The molecule has 0 atom stereocenters. The van der Waals surface area contributed by atoms with Crippen LogP contribution in [0.1, 0.15) is 0 Å². The van der Waals surface area contributed by atoms with Crippen LogP contribution in [0.4, 0.5) is 45.5 Å². The number of nitrogens with one attached hydrogen (secondary N) is 4. The summed E-state index contributed by atoms with van der Waals surface area (Å²) < 4.78 is 0. The molecule has 6 aromatic rings. The van der Waals surface area contributed by atoms with Crippen molar-refractivity contribution in [3.05, 3.63) is 241 Å². The van der Waals surface area contributed by atoms with Crippen LogP contribution in [0.15, 0.2) is 228 Å². The minimum absolute atomic E-state index is 0. The smallest absolute Gasteiger partial charge is 0.700 e. The van der Waals surface area contributed by atoms with Gasteiger partial charge in [-0.2, -0.15) is 22.7 Å². The zero-order valence-corrected chi connectivity index (χ0v) is 35.8. The van der Waals surface area contributed by atoms with Gasteiger partial charge in [0.05, 0.1) is 34.2 Å². The van der Waals surface area contributed by atoms with Gasteiger partial charge in [-0.15, -0.1) is 11.4 Å². The Morgan fingerprint density at radius 1 is 0.362 bits per heavy atom. The van der Waals surface area contributed by atoms with E-state index in [0.717, 1.165) is 22.7 Å². The fourth-order valence-electron chi connectivity index (χ4n) is 4.85. The summed E-state index contributed by atoms with van der Waals surface area (Å²) in [4.78, 5) is 8.71. The van der Waals surface area contributed by atoms with Crippen molar-refractivity contribution in [3.8, 4) is 0 Å². The SMILES string of the molecule is N=C1C=CC=CC1=Nc1ccccc1.N=C1C=CC=CC1=Nc1ccccc1.[NH-]c1ccccc1[N-]c1ccccc1.[NH-]c1ccccc1[N-]c1ccccc1.[Pt+2].[Pt+2]. The molecule has 4 N–H and O–H groups in total. The van der Waals surface area contributed by atoms with E-state index in [1.54, 1.807) is 24.3 Å². The first kappa shape index (κ1) is 45.9. The third-order valence-corrected chi connectivity index (χ3v) is 7.64. The van der Waals surface area contributed by atoms with Crippen molar-refractivity contribution in [2.75, 3.05) is 0 Å². The molecule has 58 heavy (non-hydrogen) atoms. The first-order valence-corrected chi connectivity index (χ1v) is 17.7. The van der Waals surface area contributed by atoms with E-state index in [9.17, 15) is 0 Å². The van der Waals surface area contributed by atoms with Crippen molar-refractivity contribution in [3.63, 3.8) is 0 Å². The molecule has 0 saturated carbocycles. The van der Waals surface area contributed by atoms with Gasteiger partial charge < -0.3 is 22.1 Å². The number of hydrogen-bond donors (Lipinski definition) is 2. The van der Waals surface area contributed by atoms with E-state index >= 15 is 0 Å². The third kappa shape index (κ3) is 16.0. The number of aliphatic imine (C=N–C) groups is 2. The average molecular weight is 1120 g/mol. The second-order valence-corrected chi connectivity index (χ2v) is 11.9. The van der Waals surface area contributed by atoms with Crippen molar-refractivity contribution in [2.45, 2.75) is 0 Å². The summed E-state index contributed by atoms with van der Waals surface area (Å²) in [7, 11) is 0. The molecule has 0 heterocycles. The summed E-state index contributed by atoms with van der Waals surface area (Å²) in [6, 6.07) is 53.3. The molecule has 0 radical (unpaired) electrons. The van der Waals surface area contributed by atoms with Crippen LogP contribution in [0, 0.1) is 10.8 Å². The first-order valence-electron chi connectivity index (χ1n) is 17.7. The van der Waals surface area contributed by atoms with Gasteiger partial charge in [0.1, 0.15) is 0 Å². The van der Waals surface area contributed by atoms with Crippen molar-refractivity contribution in [2.24, 2.45) is 9.98 Å². The normalized spacial score (nSPS) is 13.2. The van der Waals surface area contributed by atoms with Crippen molar-refractivity contribution in [1.29, 1.82) is 10.8 Å². The summed E-state index contributed by atoms with van der Waals surface area (Å²) >= 11 is 0. The average Bonchev–Trinajstić information content (AvgIpc) is 3.24. The minimum atomic E-state index is 0. The van der Waals surface area contributed by atoms with Crippen LogP contribution in [-0.2, 0) is 42.1 Å². The Labute approximate surface area is 369 Å². The van der Waals surface area contributed by atoms with E-state index < -0.39 is 0 Å². The van der Waals surface area contributed by atoms with E-state index in [4.69, 9.17) is 22.3 Å². The predicted molar refractivity (Wildman–Crippen MR) is 238 cm³/mol. The third-order valence-electron chi connectivity index (χ3n) is 7.64. The van der Waals surface area contributed by atoms with Gasteiger partial charge in [-0.1, -0.05) is 170 Å². The molecule has 0 aromatic heterocycles. The number of hydrogen-bond acceptors (Lipinski definition) is 4. The van der Waals surface area contributed by atoms with Crippen LogP contribution in [-0.4, -0.2) is 22.8 Å². The van der Waals surface area contributed by atoms with Crippen molar-refractivity contribution < 1.29 is 42.1 Å². The zero-order valence-electron chi connectivity index (χ0n) is 31.2. The summed E-state index contributed by atoms with van der Waals surface area (Å²) in [5, 5.41) is 24.0. The van der Waals surface area contributed by atoms with Crippen LogP contribution >= 0.6 is 0 Å². The summed E-state index contributed by atoms with van der Waals surface area (Å²) in [5.74, 6) is 0. The Kier molecular flexibility index (Phi) is 20.3. The summed E-state index contributed by atoms with van der Waals surface area (Å²) in [6.07, 6.45) is 14.6. The number of rotatable bonds is 6. The van der Waals surface area contributed by atoms with Crippen LogP contribution < -0.4 is 0 Å². The van der Waals surface area contributed by atoms with Crippen LogP contribution in [0.25, 0.3) is 22.1 Å². The van der Waals surface area contributed by atoms with Gasteiger partial charge >= 0.3 is 42.1 Å². The van der Waals surface area contributed by atoms with E-state index in [2.05, 4.69) is 20.6 Å². The molecule has 0 saturated heterocycles. The predicted octanol–water partition coefficient (Wildman–Crippen LogP) is 15.2. The topological polar surface area (TPSA) is 148 Å². The molecule has 10 heteroatoms. The fraction of sp³-hybridized carbons (Fsp3) is 0. The molecule has 0 unspecified atom stereocenters. The molecule has 0 spiro atoms. The molecule has 8 rings (SSSR count). The monoisotopic (exact) mass is 1120 g/mol. The van der Waals surface area contributed by atoms with Crippen LogP contribution in [0.2, 0.25) is 0 Å². The molecule has 2 aliphatic carbocycles. The maximum Gasteiger partial charge on any atom is 2.00 e. The second kappa shape index (κ2) is 25.6. The van der Waals surface area contributed by atoms with E-state index in [0.29, 0.717) is 45.6 Å².